The number of rotatable bonds is 10. The van der Waals surface area contributed by atoms with Gasteiger partial charge in [0.15, 0.2) is 0 Å². The lowest BCUT2D eigenvalue weighted by molar-refractivity contribution is -0.141. The molecule has 0 aliphatic carbocycles. The standard InChI is InChI=1S/C20H23NO5/c1-25-11-12-26-18-10-6-5-9-17(18)19(22)21-14-16(20(23)24)13-15-7-3-2-4-8-15/h2-10,16H,11-14H2,1H3,(H,21,22)(H,23,24). The number of carbonyl (C=O) groups excluding carboxylic acids is 1. The molecule has 0 bridgehead atoms. The van der Waals surface area contributed by atoms with E-state index in [0.717, 1.165) is 5.56 Å². The Morgan fingerprint density at radius 2 is 1.73 bits per heavy atom. The summed E-state index contributed by atoms with van der Waals surface area (Å²) in [7, 11) is 1.57. The van der Waals surface area contributed by atoms with Crippen molar-refractivity contribution in [3.8, 4) is 5.75 Å². The van der Waals surface area contributed by atoms with Gasteiger partial charge in [0.2, 0.25) is 0 Å². The largest absolute Gasteiger partial charge is 0.490 e. The molecule has 2 aromatic rings. The number of carboxylic acid groups (broad SMARTS) is 1. The summed E-state index contributed by atoms with van der Waals surface area (Å²) in [5, 5.41) is 12.1. The Morgan fingerprint density at radius 1 is 1.04 bits per heavy atom. The molecule has 6 nitrogen and oxygen atoms in total. The Balaban J connectivity index is 1.98. The zero-order valence-electron chi connectivity index (χ0n) is 14.7. The van der Waals surface area contributed by atoms with Crippen LogP contribution in [0.1, 0.15) is 15.9 Å². The topological polar surface area (TPSA) is 84.9 Å². The Kier molecular flexibility index (Phi) is 7.64. The van der Waals surface area contributed by atoms with E-state index in [1.807, 2.05) is 30.3 Å². The van der Waals surface area contributed by atoms with Crippen LogP contribution in [0.25, 0.3) is 0 Å². The van der Waals surface area contributed by atoms with Crippen molar-refractivity contribution < 1.29 is 24.2 Å². The molecule has 138 valence electrons. The minimum Gasteiger partial charge on any atom is -0.490 e. The van der Waals surface area contributed by atoms with Crippen molar-refractivity contribution in [3.63, 3.8) is 0 Å². The van der Waals surface area contributed by atoms with Gasteiger partial charge >= 0.3 is 5.97 Å². The second-order valence-electron chi connectivity index (χ2n) is 5.77. The van der Waals surface area contributed by atoms with Gasteiger partial charge in [-0.25, -0.2) is 0 Å². The maximum Gasteiger partial charge on any atom is 0.308 e. The molecule has 0 aliphatic heterocycles. The van der Waals surface area contributed by atoms with Gasteiger partial charge in [-0.15, -0.1) is 0 Å². The van der Waals surface area contributed by atoms with Crippen LogP contribution in [0, 0.1) is 5.92 Å². The third kappa shape index (κ3) is 5.89. The molecule has 0 saturated carbocycles. The number of methoxy groups -OCH3 is 1. The van der Waals surface area contributed by atoms with Gasteiger partial charge in [-0.2, -0.15) is 0 Å². The fraction of sp³-hybridized carbons (Fsp3) is 0.300. The normalized spacial score (nSPS) is 11.6. The van der Waals surface area contributed by atoms with Crippen molar-refractivity contribution in [2.24, 2.45) is 5.92 Å². The first-order valence-electron chi connectivity index (χ1n) is 8.37. The number of amides is 1. The fourth-order valence-electron chi connectivity index (χ4n) is 2.47. The summed E-state index contributed by atoms with van der Waals surface area (Å²) in [6.45, 7) is 0.774. The molecule has 0 fully saturated rings. The zero-order valence-corrected chi connectivity index (χ0v) is 14.7. The highest BCUT2D eigenvalue weighted by atomic mass is 16.5. The number of carboxylic acids is 1. The van der Waals surface area contributed by atoms with Crippen LogP contribution in [0.4, 0.5) is 0 Å². The van der Waals surface area contributed by atoms with Crippen LogP contribution in [0.5, 0.6) is 5.75 Å². The number of carbonyl (C=O) groups is 2. The molecule has 2 N–H and O–H groups in total. The first-order chi connectivity index (χ1) is 12.6. The maximum atomic E-state index is 12.5. The number of nitrogens with one attached hydrogen (secondary N) is 1. The smallest absolute Gasteiger partial charge is 0.308 e. The van der Waals surface area contributed by atoms with Crippen LogP contribution in [0.3, 0.4) is 0 Å². The molecule has 1 unspecified atom stereocenters. The number of benzene rings is 2. The summed E-state index contributed by atoms with van der Waals surface area (Å²) in [4.78, 5) is 24.0. The highest BCUT2D eigenvalue weighted by Crippen LogP contribution is 2.18. The molecular formula is C20H23NO5. The zero-order chi connectivity index (χ0) is 18.8. The van der Waals surface area contributed by atoms with Gasteiger partial charge in [0.05, 0.1) is 18.1 Å². The van der Waals surface area contributed by atoms with E-state index in [-0.39, 0.29) is 12.5 Å². The van der Waals surface area contributed by atoms with Gasteiger partial charge in [-0.3, -0.25) is 9.59 Å². The van der Waals surface area contributed by atoms with E-state index < -0.39 is 11.9 Å². The van der Waals surface area contributed by atoms with E-state index in [4.69, 9.17) is 9.47 Å². The monoisotopic (exact) mass is 357 g/mol. The van der Waals surface area contributed by atoms with Crippen LogP contribution in [-0.2, 0) is 16.0 Å². The van der Waals surface area contributed by atoms with Crippen molar-refractivity contribution in [2.75, 3.05) is 26.9 Å². The lowest BCUT2D eigenvalue weighted by Crippen LogP contribution is -2.34. The Morgan fingerprint density at radius 3 is 2.42 bits per heavy atom. The molecule has 0 aromatic heterocycles. The maximum absolute atomic E-state index is 12.5. The summed E-state index contributed by atoms with van der Waals surface area (Å²) in [6, 6.07) is 16.2. The minimum absolute atomic E-state index is 0.0372. The minimum atomic E-state index is -0.946. The molecule has 2 aromatic carbocycles. The molecule has 2 rings (SSSR count). The van der Waals surface area contributed by atoms with E-state index in [1.165, 1.54) is 0 Å². The predicted octanol–water partition coefficient (Wildman–Crippen LogP) is 2.39. The fourth-order valence-corrected chi connectivity index (χ4v) is 2.47. The van der Waals surface area contributed by atoms with Crippen LogP contribution in [0.2, 0.25) is 0 Å². The van der Waals surface area contributed by atoms with Crippen LogP contribution < -0.4 is 10.1 Å². The van der Waals surface area contributed by atoms with Gasteiger partial charge in [-0.1, -0.05) is 42.5 Å². The molecule has 0 heterocycles. The molecule has 0 saturated heterocycles. The third-order valence-electron chi connectivity index (χ3n) is 3.86. The first kappa shape index (κ1) is 19.5. The number of para-hydroxylation sites is 1. The molecule has 26 heavy (non-hydrogen) atoms. The van der Waals surface area contributed by atoms with Crippen LogP contribution >= 0.6 is 0 Å². The summed E-state index contributed by atoms with van der Waals surface area (Å²) in [6.07, 6.45) is 0.350. The summed E-state index contributed by atoms with van der Waals surface area (Å²) < 4.78 is 10.5. The van der Waals surface area contributed by atoms with Crippen molar-refractivity contribution >= 4 is 11.9 Å². The van der Waals surface area contributed by atoms with E-state index in [1.54, 1.807) is 31.4 Å². The lowest BCUT2D eigenvalue weighted by atomic mass is 9.99. The van der Waals surface area contributed by atoms with E-state index in [9.17, 15) is 14.7 Å². The van der Waals surface area contributed by atoms with Crippen molar-refractivity contribution in [1.29, 1.82) is 0 Å². The van der Waals surface area contributed by atoms with Crippen molar-refractivity contribution in [2.45, 2.75) is 6.42 Å². The number of hydrogen-bond acceptors (Lipinski definition) is 4. The van der Waals surface area contributed by atoms with Gasteiger partial charge in [0.25, 0.3) is 5.91 Å². The Hall–Kier alpha value is -2.86. The number of ether oxygens (including phenoxy) is 2. The highest BCUT2D eigenvalue weighted by Gasteiger charge is 2.20. The average molecular weight is 357 g/mol. The number of aliphatic carboxylic acids is 1. The average Bonchev–Trinajstić information content (AvgIpc) is 2.66. The molecule has 1 atom stereocenters. The first-order valence-corrected chi connectivity index (χ1v) is 8.37. The Labute approximate surface area is 152 Å². The molecule has 1 amide bonds. The molecule has 0 spiro atoms. The SMILES string of the molecule is COCCOc1ccccc1C(=O)NCC(Cc1ccccc1)C(=O)O. The quantitative estimate of drug-likeness (QED) is 0.638. The Bertz CT molecular complexity index is 717. The lowest BCUT2D eigenvalue weighted by Gasteiger charge is -2.15. The van der Waals surface area contributed by atoms with Crippen molar-refractivity contribution in [1.82, 2.24) is 5.32 Å². The van der Waals surface area contributed by atoms with Gasteiger partial charge in [0, 0.05) is 13.7 Å². The van der Waals surface area contributed by atoms with Crippen LogP contribution in [0.15, 0.2) is 54.6 Å². The molecular weight excluding hydrogens is 334 g/mol. The summed E-state index contributed by atoms with van der Waals surface area (Å²) >= 11 is 0. The summed E-state index contributed by atoms with van der Waals surface area (Å²) in [5.41, 5.74) is 1.28. The predicted molar refractivity (Wildman–Crippen MR) is 97.4 cm³/mol. The van der Waals surface area contributed by atoms with Crippen LogP contribution in [-0.4, -0.2) is 43.9 Å². The van der Waals surface area contributed by atoms with E-state index in [2.05, 4.69) is 5.32 Å². The van der Waals surface area contributed by atoms with Gasteiger partial charge in [0.1, 0.15) is 12.4 Å². The van der Waals surface area contributed by atoms with E-state index >= 15 is 0 Å². The van der Waals surface area contributed by atoms with E-state index in [0.29, 0.717) is 30.9 Å². The second-order valence-corrected chi connectivity index (χ2v) is 5.77. The molecule has 0 aliphatic rings. The van der Waals surface area contributed by atoms with Gasteiger partial charge in [-0.05, 0) is 24.1 Å². The highest BCUT2D eigenvalue weighted by molar-refractivity contribution is 5.97. The second kappa shape index (κ2) is 10.2. The van der Waals surface area contributed by atoms with Gasteiger partial charge < -0.3 is 19.9 Å². The number of hydrogen-bond donors (Lipinski definition) is 2. The van der Waals surface area contributed by atoms with Crippen molar-refractivity contribution in [3.05, 3.63) is 65.7 Å². The summed E-state index contributed by atoms with van der Waals surface area (Å²) in [5.74, 6) is -1.57. The molecule has 0 radical (unpaired) electrons. The molecule has 6 heteroatoms. The third-order valence-corrected chi connectivity index (χ3v) is 3.86.